The third-order valence-corrected chi connectivity index (χ3v) is 3.52. The van der Waals surface area contributed by atoms with Crippen LogP contribution in [-0.4, -0.2) is 27.0 Å². The van der Waals surface area contributed by atoms with Crippen molar-refractivity contribution in [1.82, 2.24) is 0 Å². The molecule has 0 fully saturated rings. The Hall–Kier alpha value is -1.44. The predicted octanol–water partition coefficient (Wildman–Crippen LogP) is -0.0970. The first kappa shape index (κ1) is 14.6. The van der Waals surface area contributed by atoms with Crippen LogP contribution in [0.25, 0.3) is 0 Å². The van der Waals surface area contributed by atoms with Gasteiger partial charge in [0.05, 0.1) is 0 Å². The molecule has 0 unspecified atom stereocenters. The molecule has 1 aromatic carbocycles. The van der Waals surface area contributed by atoms with Crippen LogP contribution in [0.5, 0.6) is 0 Å². The molecule has 1 rings (SSSR count). The molecule has 0 saturated heterocycles. The van der Waals surface area contributed by atoms with E-state index in [4.69, 9.17) is 11.5 Å². The molecule has 6 nitrogen and oxygen atoms in total. The van der Waals surface area contributed by atoms with Gasteiger partial charge < -0.3 is 15.7 Å². The van der Waals surface area contributed by atoms with Gasteiger partial charge in [-0.05, 0) is 32.0 Å². The fourth-order valence-electron chi connectivity index (χ4n) is 1.22. The number of hydrogen-bond acceptors (Lipinski definition) is 6. The first-order valence-electron chi connectivity index (χ1n) is 5.37. The van der Waals surface area contributed by atoms with Gasteiger partial charge in [-0.2, -0.15) is 8.42 Å². The van der Waals surface area contributed by atoms with Crippen molar-refractivity contribution < 1.29 is 17.4 Å². The molecule has 0 bridgehead atoms. The van der Waals surface area contributed by atoms with Crippen LogP contribution >= 0.6 is 0 Å². The van der Waals surface area contributed by atoms with Crippen molar-refractivity contribution in [3.63, 3.8) is 0 Å². The SMILES string of the molecule is Cc1ccc(S(=O)(=O)OC(=O)[C@@H](N)CCN)cc1. The number of aryl methyl sites for hydroxylation is 1. The zero-order valence-corrected chi connectivity index (χ0v) is 10.8. The van der Waals surface area contributed by atoms with Gasteiger partial charge in [0, 0.05) is 0 Å². The summed E-state index contributed by atoms with van der Waals surface area (Å²) in [6.07, 6.45) is 0.169. The summed E-state index contributed by atoms with van der Waals surface area (Å²) < 4.78 is 27.9. The van der Waals surface area contributed by atoms with Gasteiger partial charge >= 0.3 is 16.1 Å². The molecule has 100 valence electrons. The molecule has 4 N–H and O–H groups in total. The Kier molecular flexibility index (Phi) is 4.83. The summed E-state index contributed by atoms with van der Waals surface area (Å²) in [5, 5.41) is 0. The molecule has 0 aromatic heterocycles. The molecule has 0 aliphatic heterocycles. The summed E-state index contributed by atoms with van der Waals surface area (Å²) in [6, 6.07) is 4.93. The number of hydrogen-bond donors (Lipinski definition) is 2. The topological polar surface area (TPSA) is 112 Å². The maximum atomic E-state index is 11.7. The maximum Gasteiger partial charge on any atom is 0.341 e. The van der Waals surface area contributed by atoms with Gasteiger partial charge in [-0.15, -0.1) is 0 Å². The average molecular weight is 272 g/mol. The third-order valence-electron chi connectivity index (χ3n) is 2.28. The first-order chi connectivity index (χ1) is 8.36. The number of nitrogens with two attached hydrogens (primary N) is 2. The number of carbonyl (C=O) groups excluding carboxylic acids is 1. The van der Waals surface area contributed by atoms with Crippen molar-refractivity contribution in [2.45, 2.75) is 24.3 Å². The highest BCUT2D eigenvalue weighted by molar-refractivity contribution is 7.87. The van der Waals surface area contributed by atoms with Crippen LogP contribution in [0.4, 0.5) is 0 Å². The van der Waals surface area contributed by atoms with Crippen molar-refractivity contribution >= 4 is 16.1 Å². The zero-order chi connectivity index (χ0) is 13.8. The highest BCUT2D eigenvalue weighted by Gasteiger charge is 2.24. The van der Waals surface area contributed by atoms with Gasteiger partial charge in [-0.25, -0.2) is 4.79 Å². The number of benzene rings is 1. The molecule has 18 heavy (non-hydrogen) atoms. The van der Waals surface area contributed by atoms with Gasteiger partial charge in [-0.1, -0.05) is 17.7 Å². The fourth-order valence-corrected chi connectivity index (χ4v) is 2.13. The summed E-state index contributed by atoms with van der Waals surface area (Å²) in [5.74, 6) is -0.999. The lowest BCUT2D eigenvalue weighted by molar-refractivity contribution is -0.135. The van der Waals surface area contributed by atoms with E-state index in [0.717, 1.165) is 5.56 Å². The summed E-state index contributed by atoms with van der Waals surface area (Å²) >= 11 is 0. The van der Waals surface area contributed by atoms with Gasteiger partial charge in [0.15, 0.2) is 0 Å². The number of rotatable bonds is 5. The first-order valence-corrected chi connectivity index (χ1v) is 6.78. The summed E-state index contributed by atoms with van der Waals surface area (Å²) in [7, 11) is -4.11. The van der Waals surface area contributed by atoms with E-state index in [-0.39, 0.29) is 17.9 Å². The van der Waals surface area contributed by atoms with Crippen molar-refractivity contribution in [2.75, 3.05) is 6.54 Å². The molecule has 0 aliphatic rings. The lowest BCUT2D eigenvalue weighted by atomic mass is 10.2. The predicted molar refractivity (Wildman–Crippen MR) is 66.1 cm³/mol. The third kappa shape index (κ3) is 3.80. The minimum atomic E-state index is -4.11. The van der Waals surface area contributed by atoms with Crippen LogP contribution in [0.15, 0.2) is 29.2 Å². The Balaban J connectivity index is 2.82. The average Bonchev–Trinajstić information content (AvgIpc) is 2.29. The van der Waals surface area contributed by atoms with E-state index in [1.54, 1.807) is 12.1 Å². The molecular weight excluding hydrogens is 256 g/mol. The standard InChI is InChI=1S/C11H16N2O4S/c1-8-2-4-9(5-3-8)18(15,16)17-11(14)10(13)6-7-12/h2-5,10H,6-7,12-13H2,1H3/t10-/m0/s1. The van der Waals surface area contributed by atoms with Gasteiger partial charge in [0.2, 0.25) is 0 Å². The largest absolute Gasteiger partial charge is 0.341 e. The Morgan fingerprint density at radius 2 is 1.89 bits per heavy atom. The highest BCUT2D eigenvalue weighted by atomic mass is 32.2. The summed E-state index contributed by atoms with van der Waals surface area (Å²) in [6.45, 7) is 2.00. The lowest BCUT2D eigenvalue weighted by Gasteiger charge is -2.10. The minimum Gasteiger partial charge on any atom is -0.341 e. The molecule has 0 radical (unpaired) electrons. The van der Waals surface area contributed by atoms with Crippen molar-refractivity contribution in [1.29, 1.82) is 0 Å². The molecule has 0 aliphatic carbocycles. The molecule has 1 aromatic rings. The lowest BCUT2D eigenvalue weighted by Crippen LogP contribution is -2.35. The summed E-state index contributed by atoms with van der Waals surface area (Å²) in [5.41, 5.74) is 11.5. The van der Waals surface area contributed by atoms with Crippen molar-refractivity contribution in [2.24, 2.45) is 11.5 Å². The second-order valence-electron chi connectivity index (χ2n) is 3.85. The Morgan fingerprint density at radius 1 is 1.33 bits per heavy atom. The maximum absolute atomic E-state index is 11.7. The second-order valence-corrected chi connectivity index (χ2v) is 5.40. The van der Waals surface area contributed by atoms with Crippen molar-refractivity contribution in [3.8, 4) is 0 Å². The van der Waals surface area contributed by atoms with Gasteiger partial charge in [0.25, 0.3) is 0 Å². The van der Waals surface area contributed by atoms with Gasteiger partial charge in [0.1, 0.15) is 10.9 Å². The minimum absolute atomic E-state index is 0.0820. The second kappa shape index (κ2) is 5.94. The molecule has 0 spiro atoms. The molecule has 0 amide bonds. The van der Waals surface area contributed by atoms with E-state index >= 15 is 0 Å². The zero-order valence-electron chi connectivity index (χ0n) is 10.00. The van der Waals surface area contributed by atoms with E-state index in [1.807, 2.05) is 6.92 Å². The molecule has 1 atom stereocenters. The smallest absolute Gasteiger partial charge is 0.341 e. The molecule has 0 saturated carbocycles. The Bertz CT molecular complexity index is 510. The van der Waals surface area contributed by atoms with Gasteiger partial charge in [-0.3, -0.25) is 0 Å². The van der Waals surface area contributed by atoms with Crippen LogP contribution in [-0.2, 0) is 19.1 Å². The van der Waals surface area contributed by atoms with Crippen LogP contribution in [0, 0.1) is 6.92 Å². The highest BCUT2D eigenvalue weighted by Crippen LogP contribution is 2.14. The molecule has 0 heterocycles. The van der Waals surface area contributed by atoms with Crippen LogP contribution in [0.1, 0.15) is 12.0 Å². The monoisotopic (exact) mass is 272 g/mol. The van der Waals surface area contributed by atoms with E-state index in [0.29, 0.717) is 0 Å². The van der Waals surface area contributed by atoms with Crippen LogP contribution in [0.2, 0.25) is 0 Å². The van der Waals surface area contributed by atoms with Crippen molar-refractivity contribution in [3.05, 3.63) is 29.8 Å². The van der Waals surface area contributed by atoms with E-state index < -0.39 is 22.1 Å². The Labute approximate surface area is 106 Å². The van der Waals surface area contributed by atoms with E-state index in [9.17, 15) is 13.2 Å². The normalized spacial score (nSPS) is 13.1. The van der Waals surface area contributed by atoms with E-state index in [2.05, 4.69) is 4.18 Å². The summed E-state index contributed by atoms with van der Waals surface area (Å²) in [4.78, 5) is 11.3. The fraction of sp³-hybridized carbons (Fsp3) is 0.364. The van der Waals surface area contributed by atoms with E-state index in [1.165, 1.54) is 12.1 Å². The molecule has 7 heteroatoms. The molecular formula is C11H16N2O4S. The number of carbonyl (C=O) groups is 1. The quantitative estimate of drug-likeness (QED) is 0.724. The van der Waals surface area contributed by atoms with Crippen LogP contribution < -0.4 is 11.5 Å². The van der Waals surface area contributed by atoms with Crippen LogP contribution in [0.3, 0.4) is 0 Å². The Morgan fingerprint density at radius 3 is 2.39 bits per heavy atom.